The highest BCUT2D eigenvalue weighted by atomic mass is 32.1. The van der Waals surface area contributed by atoms with E-state index >= 15 is 0 Å². The lowest BCUT2D eigenvalue weighted by Crippen LogP contribution is -2.20. The van der Waals surface area contributed by atoms with Crippen molar-refractivity contribution in [2.75, 3.05) is 7.11 Å². The van der Waals surface area contributed by atoms with E-state index in [1.54, 1.807) is 18.0 Å². The third kappa shape index (κ3) is 2.94. The fraction of sp³-hybridized carbons (Fsp3) is 0.167. The molecule has 0 aliphatic carbocycles. The first kappa shape index (κ1) is 15.6. The Morgan fingerprint density at radius 3 is 2.72 bits per heavy atom. The molecule has 0 saturated heterocycles. The summed E-state index contributed by atoms with van der Waals surface area (Å²) in [5, 5.41) is 3.93. The van der Waals surface area contributed by atoms with Gasteiger partial charge in [-0.05, 0) is 42.8 Å². The molecule has 1 aromatic carbocycles. The quantitative estimate of drug-likeness (QED) is 0.562. The minimum Gasteiger partial charge on any atom is -0.497 e. The number of hydrogen-bond acceptors (Lipinski definition) is 6. The normalized spacial score (nSPS) is 11.1. The minimum atomic E-state index is -0.0737. The van der Waals surface area contributed by atoms with E-state index in [2.05, 4.69) is 10.1 Å². The second kappa shape index (κ2) is 6.18. The Kier molecular flexibility index (Phi) is 3.85. The summed E-state index contributed by atoms with van der Waals surface area (Å²) in [5.74, 6) is 1.52. The van der Waals surface area contributed by atoms with Crippen LogP contribution in [0.1, 0.15) is 11.5 Å². The van der Waals surface area contributed by atoms with Crippen LogP contribution in [0.25, 0.3) is 20.7 Å². The van der Waals surface area contributed by atoms with Gasteiger partial charge in [-0.1, -0.05) is 5.16 Å². The van der Waals surface area contributed by atoms with E-state index < -0.39 is 0 Å². The maximum absolute atomic E-state index is 12.7. The number of thiophene rings is 1. The van der Waals surface area contributed by atoms with Crippen molar-refractivity contribution in [3.8, 4) is 16.2 Å². The molecule has 0 atom stereocenters. The van der Waals surface area contributed by atoms with E-state index in [1.165, 1.54) is 11.3 Å². The molecule has 0 aliphatic heterocycles. The Bertz CT molecular complexity index is 1090. The van der Waals surface area contributed by atoms with Crippen molar-refractivity contribution < 1.29 is 9.26 Å². The molecule has 3 aromatic heterocycles. The number of aryl methyl sites for hydroxylation is 1. The molecule has 0 N–H and O–H groups in total. The molecule has 0 unspecified atom stereocenters. The number of hydrogen-bond donors (Lipinski definition) is 0. The van der Waals surface area contributed by atoms with Gasteiger partial charge < -0.3 is 9.26 Å². The number of ether oxygens (including phenoxy) is 1. The van der Waals surface area contributed by atoms with Crippen LogP contribution in [-0.2, 0) is 6.54 Å². The van der Waals surface area contributed by atoms with Gasteiger partial charge in [0.25, 0.3) is 5.56 Å². The van der Waals surface area contributed by atoms with Crippen molar-refractivity contribution in [2.24, 2.45) is 0 Å². The third-order valence-corrected chi connectivity index (χ3v) is 5.05. The maximum Gasteiger partial charge on any atom is 0.271 e. The highest BCUT2D eigenvalue weighted by Gasteiger charge is 2.12. The smallest absolute Gasteiger partial charge is 0.271 e. The van der Waals surface area contributed by atoms with Crippen LogP contribution in [0.4, 0.5) is 0 Å². The van der Waals surface area contributed by atoms with Gasteiger partial charge in [0.2, 0.25) is 0 Å². The van der Waals surface area contributed by atoms with Crippen LogP contribution in [-0.4, -0.2) is 21.8 Å². The standard InChI is InChI=1S/C18H15N3O3S/c1-11-7-13(20-24-11)9-21-10-19-15-8-16(25-17(15)18(21)22)12-3-5-14(23-2)6-4-12/h3-8,10H,9H2,1-2H3. The highest BCUT2D eigenvalue weighted by Crippen LogP contribution is 2.31. The highest BCUT2D eigenvalue weighted by molar-refractivity contribution is 7.22. The fourth-order valence-corrected chi connectivity index (χ4v) is 3.69. The Hall–Kier alpha value is -2.93. The first-order chi connectivity index (χ1) is 12.1. The second-order valence-corrected chi connectivity index (χ2v) is 6.71. The number of fused-ring (bicyclic) bond motifs is 1. The second-order valence-electron chi connectivity index (χ2n) is 5.66. The molecule has 0 saturated carbocycles. The number of rotatable bonds is 4. The number of nitrogens with zero attached hydrogens (tertiary/aromatic N) is 3. The van der Waals surface area contributed by atoms with E-state index in [1.807, 2.05) is 43.3 Å². The van der Waals surface area contributed by atoms with Crippen LogP contribution in [0, 0.1) is 6.92 Å². The van der Waals surface area contributed by atoms with Gasteiger partial charge in [0.05, 0.1) is 25.5 Å². The summed E-state index contributed by atoms with van der Waals surface area (Å²) in [5.41, 5.74) is 2.36. The molecular weight excluding hydrogens is 338 g/mol. The Morgan fingerprint density at radius 2 is 2.04 bits per heavy atom. The fourth-order valence-electron chi connectivity index (χ4n) is 2.62. The molecule has 0 aliphatic rings. The lowest BCUT2D eigenvalue weighted by atomic mass is 10.2. The molecule has 0 spiro atoms. The molecular formula is C18H15N3O3S. The predicted octanol–water partition coefficient (Wildman–Crippen LogP) is 3.48. The van der Waals surface area contributed by atoms with Crippen molar-refractivity contribution in [2.45, 2.75) is 13.5 Å². The van der Waals surface area contributed by atoms with Gasteiger partial charge in [-0.2, -0.15) is 0 Å². The van der Waals surface area contributed by atoms with E-state index in [0.717, 1.165) is 22.0 Å². The minimum absolute atomic E-state index is 0.0737. The lowest BCUT2D eigenvalue weighted by Gasteiger charge is -2.01. The molecule has 6 nitrogen and oxygen atoms in total. The maximum atomic E-state index is 12.7. The molecule has 0 fully saturated rings. The summed E-state index contributed by atoms with van der Waals surface area (Å²) in [7, 11) is 1.64. The van der Waals surface area contributed by atoms with Crippen molar-refractivity contribution in [3.05, 3.63) is 64.5 Å². The average Bonchev–Trinajstić information content (AvgIpc) is 3.24. The van der Waals surface area contributed by atoms with Crippen molar-refractivity contribution >= 4 is 21.6 Å². The SMILES string of the molecule is COc1ccc(-c2cc3ncn(Cc4cc(C)on4)c(=O)c3s2)cc1. The van der Waals surface area contributed by atoms with Gasteiger partial charge in [-0.15, -0.1) is 11.3 Å². The molecule has 7 heteroatoms. The molecule has 0 amide bonds. The number of benzene rings is 1. The summed E-state index contributed by atoms with van der Waals surface area (Å²) in [4.78, 5) is 18.2. The molecule has 3 heterocycles. The van der Waals surface area contributed by atoms with Crippen molar-refractivity contribution in [1.29, 1.82) is 0 Å². The largest absolute Gasteiger partial charge is 0.497 e. The summed E-state index contributed by atoms with van der Waals surface area (Å²) >= 11 is 1.44. The van der Waals surface area contributed by atoms with E-state index in [9.17, 15) is 4.79 Å². The average molecular weight is 353 g/mol. The monoisotopic (exact) mass is 353 g/mol. The Labute approximate surface area is 147 Å². The topological polar surface area (TPSA) is 70.2 Å². The third-order valence-electron chi connectivity index (χ3n) is 3.89. The van der Waals surface area contributed by atoms with Gasteiger partial charge in [0.15, 0.2) is 0 Å². The van der Waals surface area contributed by atoms with Crippen LogP contribution < -0.4 is 10.3 Å². The van der Waals surface area contributed by atoms with Crippen molar-refractivity contribution in [3.63, 3.8) is 0 Å². The van der Waals surface area contributed by atoms with Gasteiger partial charge in [-0.25, -0.2) is 4.98 Å². The van der Waals surface area contributed by atoms with Crippen LogP contribution in [0.5, 0.6) is 5.75 Å². The van der Waals surface area contributed by atoms with E-state index in [4.69, 9.17) is 9.26 Å². The summed E-state index contributed by atoms with van der Waals surface area (Å²) in [6.07, 6.45) is 1.55. The number of aromatic nitrogens is 3. The summed E-state index contributed by atoms with van der Waals surface area (Å²) in [6.45, 7) is 2.16. The van der Waals surface area contributed by atoms with E-state index in [-0.39, 0.29) is 5.56 Å². The van der Waals surface area contributed by atoms with Crippen LogP contribution in [0.2, 0.25) is 0 Å². The summed E-state index contributed by atoms with van der Waals surface area (Å²) in [6, 6.07) is 11.5. The zero-order chi connectivity index (χ0) is 17.4. The Balaban J connectivity index is 1.72. The molecule has 0 radical (unpaired) electrons. The molecule has 25 heavy (non-hydrogen) atoms. The Morgan fingerprint density at radius 1 is 1.24 bits per heavy atom. The van der Waals surface area contributed by atoms with E-state index in [0.29, 0.717) is 22.5 Å². The zero-order valence-electron chi connectivity index (χ0n) is 13.7. The van der Waals surface area contributed by atoms with Crippen molar-refractivity contribution in [1.82, 2.24) is 14.7 Å². The first-order valence-corrected chi connectivity index (χ1v) is 8.51. The van der Waals surface area contributed by atoms with Crippen LogP contribution in [0.15, 0.2) is 52.0 Å². The zero-order valence-corrected chi connectivity index (χ0v) is 14.5. The molecule has 4 rings (SSSR count). The molecule has 0 bridgehead atoms. The predicted molar refractivity (Wildman–Crippen MR) is 96.2 cm³/mol. The molecule has 4 aromatic rings. The molecule has 126 valence electrons. The number of methoxy groups -OCH3 is 1. The lowest BCUT2D eigenvalue weighted by molar-refractivity contribution is 0.388. The van der Waals surface area contributed by atoms with Gasteiger partial charge >= 0.3 is 0 Å². The van der Waals surface area contributed by atoms with Gasteiger partial charge in [0, 0.05) is 10.9 Å². The van der Waals surface area contributed by atoms with Crippen LogP contribution >= 0.6 is 11.3 Å². The van der Waals surface area contributed by atoms with Gasteiger partial charge in [0.1, 0.15) is 21.9 Å². The summed E-state index contributed by atoms with van der Waals surface area (Å²) < 4.78 is 12.4. The first-order valence-electron chi connectivity index (χ1n) is 7.69. The van der Waals surface area contributed by atoms with Crippen LogP contribution in [0.3, 0.4) is 0 Å². The van der Waals surface area contributed by atoms with Gasteiger partial charge in [-0.3, -0.25) is 9.36 Å².